The summed E-state index contributed by atoms with van der Waals surface area (Å²) in [6.07, 6.45) is 3.80. The normalized spacial score (nSPS) is 17.1. The van der Waals surface area contributed by atoms with Gasteiger partial charge in [-0.15, -0.1) is 0 Å². The number of carbonyl (C=O) groups excluding carboxylic acids is 1. The number of benzene rings is 1. The highest BCUT2D eigenvalue weighted by Crippen LogP contribution is 2.29. The Labute approximate surface area is 126 Å². The third-order valence-electron chi connectivity index (χ3n) is 4.02. The Bertz CT molecular complexity index is 484. The summed E-state index contributed by atoms with van der Waals surface area (Å²) < 4.78 is 0. The average molecular weight is 291 g/mol. The highest BCUT2D eigenvalue weighted by Gasteiger charge is 2.32. The first-order valence-electron chi connectivity index (χ1n) is 7.51. The van der Waals surface area contributed by atoms with E-state index in [0.717, 1.165) is 36.9 Å². The van der Waals surface area contributed by atoms with Crippen LogP contribution in [0.15, 0.2) is 24.3 Å². The van der Waals surface area contributed by atoms with Crippen molar-refractivity contribution in [1.29, 1.82) is 0 Å². The fourth-order valence-electron chi connectivity index (χ4n) is 3.00. The summed E-state index contributed by atoms with van der Waals surface area (Å²) in [5, 5.41) is 13.2. The first-order chi connectivity index (χ1) is 10.0. The Morgan fingerprint density at radius 2 is 2.05 bits per heavy atom. The molecule has 5 nitrogen and oxygen atoms in total. The number of para-hydroxylation sites is 1. The van der Waals surface area contributed by atoms with E-state index in [9.17, 15) is 9.90 Å². The Balaban J connectivity index is 1.86. The molecular weight excluding hydrogens is 266 g/mol. The molecule has 1 aromatic rings. The maximum atomic E-state index is 12.1. The van der Waals surface area contributed by atoms with Crippen LogP contribution in [-0.4, -0.2) is 41.7 Å². The minimum Gasteiger partial charge on any atom is -0.389 e. The van der Waals surface area contributed by atoms with Crippen LogP contribution in [0.2, 0.25) is 0 Å². The van der Waals surface area contributed by atoms with Crippen LogP contribution in [0.3, 0.4) is 0 Å². The third-order valence-corrected chi connectivity index (χ3v) is 4.02. The topological polar surface area (TPSA) is 78.6 Å². The molecule has 1 saturated carbocycles. The summed E-state index contributed by atoms with van der Waals surface area (Å²) in [6, 6.07) is 7.53. The average Bonchev–Trinajstić information content (AvgIpc) is 2.85. The number of rotatable bonds is 6. The fraction of sp³-hybridized carbons (Fsp3) is 0.562. The maximum absolute atomic E-state index is 12.1. The van der Waals surface area contributed by atoms with Crippen molar-refractivity contribution in [3.05, 3.63) is 29.8 Å². The van der Waals surface area contributed by atoms with E-state index in [1.807, 2.05) is 36.2 Å². The molecule has 1 aliphatic carbocycles. The van der Waals surface area contributed by atoms with Gasteiger partial charge in [0.1, 0.15) is 0 Å². The van der Waals surface area contributed by atoms with Crippen molar-refractivity contribution in [2.75, 3.05) is 25.5 Å². The summed E-state index contributed by atoms with van der Waals surface area (Å²) in [5.74, 6) is -0.0833. The molecule has 0 spiro atoms. The lowest BCUT2D eigenvalue weighted by Crippen LogP contribution is -2.42. The van der Waals surface area contributed by atoms with Gasteiger partial charge in [0.15, 0.2) is 0 Å². The zero-order valence-electron chi connectivity index (χ0n) is 12.6. The van der Waals surface area contributed by atoms with Gasteiger partial charge >= 0.3 is 0 Å². The second-order valence-corrected chi connectivity index (χ2v) is 6.01. The van der Waals surface area contributed by atoms with Crippen molar-refractivity contribution in [1.82, 2.24) is 4.90 Å². The van der Waals surface area contributed by atoms with Gasteiger partial charge in [0.05, 0.1) is 12.1 Å². The van der Waals surface area contributed by atoms with Crippen molar-refractivity contribution < 1.29 is 9.90 Å². The molecule has 1 aromatic carbocycles. The Morgan fingerprint density at radius 3 is 2.71 bits per heavy atom. The number of likely N-dealkylation sites (N-methyl/N-ethyl adjacent to an activating group) is 1. The predicted octanol–water partition coefficient (Wildman–Crippen LogP) is 1.32. The number of nitrogens with two attached hydrogens (primary N) is 1. The molecule has 0 radical (unpaired) electrons. The molecule has 0 bridgehead atoms. The van der Waals surface area contributed by atoms with Crippen LogP contribution in [0.4, 0.5) is 5.69 Å². The molecule has 0 aliphatic heterocycles. The summed E-state index contributed by atoms with van der Waals surface area (Å²) >= 11 is 0. The third kappa shape index (κ3) is 4.52. The number of amides is 1. The minimum atomic E-state index is -0.621. The van der Waals surface area contributed by atoms with E-state index in [1.54, 1.807) is 0 Å². The summed E-state index contributed by atoms with van der Waals surface area (Å²) in [5.41, 5.74) is 6.72. The van der Waals surface area contributed by atoms with Gasteiger partial charge in [-0.1, -0.05) is 31.0 Å². The van der Waals surface area contributed by atoms with E-state index in [4.69, 9.17) is 5.73 Å². The minimum absolute atomic E-state index is 0.0833. The summed E-state index contributed by atoms with van der Waals surface area (Å²) in [6.45, 7) is 1.20. The number of aliphatic hydroxyl groups is 1. The van der Waals surface area contributed by atoms with Crippen LogP contribution in [0, 0.1) is 0 Å². The second kappa shape index (κ2) is 7.02. The maximum Gasteiger partial charge on any atom is 0.238 e. The second-order valence-electron chi connectivity index (χ2n) is 6.01. The molecule has 0 heterocycles. The van der Waals surface area contributed by atoms with Gasteiger partial charge in [-0.2, -0.15) is 0 Å². The van der Waals surface area contributed by atoms with E-state index in [-0.39, 0.29) is 12.5 Å². The lowest BCUT2D eigenvalue weighted by Gasteiger charge is -2.28. The van der Waals surface area contributed by atoms with E-state index in [1.165, 1.54) is 0 Å². The Hall–Kier alpha value is -1.43. The lowest BCUT2D eigenvalue weighted by molar-refractivity contribution is -0.117. The molecular formula is C16H25N3O2. The zero-order valence-corrected chi connectivity index (χ0v) is 12.6. The van der Waals surface area contributed by atoms with Crippen LogP contribution in [0.25, 0.3) is 0 Å². The summed E-state index contributed by atoms with van der Waals surface area (Å²) in [4.78, 5) is 14.0. The smallest absolute Gasteiger partial charge is 0.238 e. The first kappa shape index (κ1) is 15.9. The molecule has 4 N–H and O–H groups in total. The van der Waals surface area contributed by atoms with Crippen molar-refractivity contribution in [3.8, 4) is 0 Å². The molecule has 0 atom stereocenters. The molecule has 2 rings (SSSR count). The number of hydrogen-bond acceptors (Lipinski definition) is 4. The number of nitrogens with zero attached hydrogens (tertiary/aromatic N) is 1. The van der Waals surface area contributed by atoms with Gasteiger partial charge in [0.2, 0.25) is 5.91 Å². The van der Waals surface area contributed by atoms with Gasteiger partial charge in [0.25, 0.3) is 0 Å². The van der Waals surface area contributed by atoms with Gasteiger partial charge in [-0.3, -0.25) is 9.69 Å². The number of nitrogens with one attached hydrogen (secondary N) is 1. The molecule has 1 amide bonds. The van der Waals surface area contributed by atoms with Crippen molar-refractivity contribution in [3.63, 3.8) is 0 Å². The molecule has 21 heavy (non-hydrogen) atoms. The molecule has 0 unspecified atom stereocenters. The van der Waals surface area contributed by atoms with Crippen LogP contribution in [0.1, 0.15) is 31.2 Å². The quantitative estimate of drug-likeness (QED) is 0.738. The van der Waals surface area contributed by atoms with Crippen LogP contribution >= 0.6 is 0 Å². The van der Waals surface area contributed by atoms with E-state index in [2.05, 4.69) is 5.32 Å². The van der Waals surface area contributed by atoms with E-state index >= 15 is 0 Å². The standard InChI is InChI=1S/C16H25N3O2/c1-19(12-16(21)8-4-5-9-16)11-15(20)18-14-7-3-2-6-13(14)10-17/h2-3,6-7,21H,4-5,8-12,17H2,1H3,(H,18,20). The Kier molecular flexibility index (Phi) is 5.33. The summed E-state index contributed by atoms with van der Waals surface area (Å²) in [7, 11) is 1.87. The van der Waals surface area contributed by atoms with Gasteiger partial charge in [-0.05, 0) is 31.5 Å². The highest BCUT2D eigenvalue weighted by atomic mass is 16.3. The molecule has 1 aliphatic rings. The monoisotopic (exact) mass is 291 g/mol. The van der Waals surface area contributed by atoms with Gasteiger partial charge < -0.3 is 16.2 Å². The van der Waals surface area contributed by atoms with Gasteiger partial charge in [0, 0.05) is 18.8 Å². The van der Waals surface area contributed by atoms with Crippen LogP contribution in [0.5, 0.6) is 0 Å². The zero-order chi connectivity index (χ0) is 15.3. The predicted molar refractivity (Wildman–Crippen MR) is 83.9 cm³/mol. The number of hydrogen-bond donors (Lipinski definition) is 3. The first-order valence-corrected chi connectivity index (χ1v) is 7.51. The largest absolute Gasteiger partial charge is 0.389 e. The SMILES string of the molecule is CN(CC(=O)Nc1ccccc1CN)CC1(O)CCCC1. The number of anilines is 1. The molecule has 5 heteroatoms. The van der Waals surface area contributed by atoms with Crippen LogP contribution in [-0.2, 0) is 11.3 Å². The van der Waals surface area contributed by atoms with Crippen LogP contribution < -0.4 is 11.1 Å². The fourth-order valence-corrected chi connectivity index (χ4v) is 3.00. The number of carbonyl (C=O) groups is 1. The molecule has 0 saturated heterocycles. The van der Waals surface area contributed by atoms with E-state index in [0.29, 0.717) is 13.1 Å². The molecule has 0 aromatic heterocycles. The highest BCUT2D eigenvalue weighted by molar-refractivity contribution is 5.92. The molecule has 116 valence electrons. The van der Waals surface area contributed by atoms with E-state index < -0.39 is 5.60 Å². The van der Waals surface area contributed by atoms with Crippen molar-refractivity contribution >= 4 is 11.6 Å². The Morgan fingerprint density at radius 1 is 1.38 bits per heavy atom. The lowest BCUT2D eigenvalue weighted by atomic mass is 10.0. The molecule has 1 fully saturated rings. The van der Waals surface area contributed by atoms with Gasteiger partial charge in [-0.25, -0.2) is 0 Å². The van der Waals surface area contributed by atoms with Crippen molar-refractivity contribution in [2.45, 2.75) is 37.8 Å². The van der Waals surface area contributed by atoms with Crippen molar-refractivity contribution in [2.24, 2.45) is 5.73 Å².